The number of hydrogen-bond donors (Lipinski definition) is 0. The van der Waals surface area contributed by atoms with Gasteiger partial charge in [-0.15, -0.1) is 21.9 Å². The van der Waals surface area contributed by atoms with Crippen LogP contribution in [0.1, 0.15) is 27.7 Å². The van der Waals surface area contributed by atoms with E-state index in [4.69, 9.17) is 21.0 Å². The second-order valence-electron chi connectivity index (χ2n) is 9.69. The molecule has 26 heteroatoms. The van der Waals surface area contributed by atoms with E-state index < -0.39 is 144 Å². The summed E-state index contributed by atoms with van der Waals surface area (Å²) in [7, 11) is 0. The summed E-state index contributed by atoms with van der Waals surface area (Å²) >= 11 is 0. The quantitative estimate of drug-likeness (QED) is 0.0899. The summed E-state index contributed by atoms with van der Waals surface area (Å²) in [5.74, 6) is -71.4. The van der Waals surface area contributed by atoms with Gasteiger partial charge < -0.3 is 0 Å². The molecule has 58 heavy (non-hydrogen) atoms. The van der Waals surface area contributed by atoms with Crippen LogP contribution in [0, 0.1) is 162 Å². The first kappa shape index (κ1) is 54.3. The van der Waals surface area contributed by atoms with E-state index in [0.29, 0.717) is 0 Å². The molecule has 0 aliphatic heterocycles. The third-order valence-corrected chi connectivity index (χ3v) is 6.71. The van der Waals surface area contributed by atoms with Crippen LogP contribution in [-0.4, -0.2) is 6.15 Å². The van der Waals surface area contributed by atoms with Gasteiger partial charge in [-0.3, -0.25) is 0 Å². The van der Waals surface area contributed by atoms with Crippen molar-refractivity contribution in [1.82, 2.24) is 0 Å². The van der Waals surface area contributed by atoms with E-state index in [0.717, 1.165) is 0 Å². The number of benzene rings is 4. The predicted octanol–water partition coefficient (Wildman–Crippen LogP) is 7.96. The van der Waals surface area contributed by atoms with E-state index in [-0.39, 0.29) is 22.4 Å². The molecule has 0 radical (unpaired) electrons. The first-order valence-electron chi connectivity index (χ1n) is 13.8. The number of nitriles is 4. The van der Waals surface area contributed by atoms with Gasteiger partial charge in [0.2, 0.25) is 0 Å². The van der Waals surface area contributed by atoms with Crippen LogP contribution in [0.4, 0.5) is 87.8 Å². The van der Waals surface area contributed by atoms with Crippen LogP contribution < -0.4 is 21.9 Å². The van der Waals surface area contributed by atoms with Crippen LogP contribution in [0.15, 0.2) is 0 Å². The maximum Gasteiger partial charge on any atom is 1.00 e. The largest absolute Gasteiger partial charge is 1.00 e. The molecule has 0 atom stereocenters. The molecule has 0 unspecified atom stereocenters. The van der Waals surface area contributed by atoms with Gasteiger partial charge in [0, 0.05) is 27.7 Å². The number of rotatable bonds is 4. The zero-order chi connectivity index (χ0) is 45.2. The third-order valence-electron chi connectivity index (χ3n) is 6.71. The van der Waals surface area contributed by atoms with E-state index in [1.807, 2.05) is 0 Å². The molecular formula is C32H12AgBF20N4. The van der Waals surface area contributed by atoms with Crippen molar-refractivity contribution in [2.45, 2.75) is 27.7 Å². The molecule has 4 aromatic rings. The summed E-state index contributed by atoms with van der Waals surface area (Å²) in [6.45, 7) is 5.72. The molecular weight excluding hydrogens is 939 g/mol. The minimum Gasteiger partial charge on any atom is -0.207 e. The van der Waals surface area contributed by atoms with Crippen LogP contribution in [0.5, 0.6) is 0 Å². The molecule has 0 amide bonds. The van der Waals surface area contributed by atoms with E-state index in [1.54, 1.807) is 24.3 Å². The van der Waals surface area contributed by atoms with E-state index in [9.17, 15) is 52.7 Å². The Balaban J connectivity index is 0. The third kappa shape index (κ3) is 9.34. The first-order valence-corrected chi connectivity index (χ1v) is 13.8. The molecule has 0 fully saturated rings. The average Bonchev–Trinajstić information content (AvgIpc) is 3.16. The first-order chi connectivity index (χ1) is 26.4. The van der Waals surface area contributed by atoms with Gasteiger partial charge in [0.05, 0.1) is 24.3 Å². The Bertz CT molecular complexity index is 1940. The monoisotopic (exact) mass is 950 g/mol. The topological polar surface area (TPSA) is 95.2 Å². The standard InChI is InChI=1S/C24BF20.4C2H3N.Ag/c26-5-1(6(27)14(35)21(42)13(5)34)25(2-7(28)15(36)22(43)16(37)8(2)29,3-9(30)17(38)23(44)18(39)10(3)31)4-11(32)19(40)24(45)20(41)12(4)33;4*1-2-3;/h;4*1H3;/q-1;;;;;+1. The Morgan fingerprint density at radius 3 is 0.397 bits per heavy atom. The van der Waals surface area contributed by atoms with Gasteiger partial charge >= 0.3 is 22.4 Å². The maximum atomic E-state index is 15.4. The Morgan fingerprint density at radius 1 is 0.241 bits per heavy atom. The van der Waals surface area contributed by atoms with E-state index in [1.165, 1.54) is 27.7 Å². The second-order valence-corrected chi connectivity index (χ2v) is 9.69. The summed E-state index contributed by atoms with van der Waals surface area (Å²) < 4.78 is 294. The van der Waals surface area contributed by atoms with Crippen molar-refractivity contribution in [3.05, 3.63) is 116 Å². The van der Waals surface area contributed by atoms with Crippen LogP contribution in [-0.2, 0) is 22.4 Å². The van der Waals surface area contributed by atoms with E-state index in [2.05, 4.69) is 0 Å². The summed E-state index contributed by atoms with van der Waals surface area (Å²) in [4.78, 5) is 0. The van der Waals surface area contributed by atoms with Gasteiger partial charge in [-0.25, -0.2) is 87.8 Å². The van der Waals surface area contributed by atoms with Crippen molar-refractivity contribution < 1.29 is 110 Å². The van der Waals surface area contributed by atoms with Gasteiger partial charge in [0.15, 0.2) is 69.8 Å². The predicted molar refractivity (Wildman–Crippen MR) is 154 cm³/mol. The molecule has 0 N–H and O–H groups in total. The fourth-order valence-electron chi connectivity index (χ4n) is 4.87. The fraction of sp³-hybridized carbons (Fsp3) is 0.125. The molecule has 314 valence electrons. The molecule has 4 rings (SSSR count). The van der Waals surface area contributed by atoms with Crippen molar-refractivity contribution in [1.29, 1.82) is 21.0 Å². The van der Waals surface area contributed by atoms with Crippen molar-refractivity contribution in [2.75, 3.05) is 0 Å². The summed E-state index contributed by atoms with van der Waals surface area (Å²) in [5.41, 5.74) is -14.3. The Kier molecular flexibility index (Phi) is 20.9. The summed E-state index contributed by atoms with van der Waals surface area (Å²) in [5, 5.41) is 29.3. The van der Waals surface area contributed by atoms with Crippen molar-refractivity contribution in [3.63, 3.8) is 0 Å². The number of hydrogen-bond acceptors (Lipinski definition) is 4. The van der Waals surface area contributed by atoms with Crippen molar-refractivity contribution in [3.8, 4) is 24.3 Å². The molecule has 0 bridgehead atoms. The zero-order valence-electron chi connectivity index (χ0n) is 28.2. The Hall–Kier alpha value is -5.75. The summed E-state index contributed by atoms with van der Waals surface area (Å²) in [6.07, 6.45) is -7.22. The molecule has 0 aliphatic rings. The van der Waals surface area contributed by atoms with Gasteiger partial charge in [-0.05, 0) is 0 Å². The minimum absolute atomic E-state index is 0. The molecule has 0 aromatic heterocycles. The minimum atomic E-state index is -7.22. The van der Waals surface area contributed by atoms with Crippen LogP contribution in [0.3, 0.4) is 0 Å². The maximum absolute atomic E-state index is 15.4. The molecule has 4 nitrogen and oxygen atoms in total. The molecule has 0 spiro atoms. The fourth-order valence-corrected chi connectivity index (χ4v) is 4.87. The zero-order valence-corrected chi connectivity index (χ0v) is 29.7. The SMILES string of the molecule is CC#N.CC#N.CC#N.CC#N.Fc1c(F)c(F)c([B-](c2c(F)c(F)c(F)c(F)c2F)(c2c(F)c(F)c(F)c(F)c2F)c2c(F)c(F)c(F)c(F)c2F)c(F)c1F.[Ag+]. The van der Waals surface area contributed by atoms with Crippen LogP contribution >= 0.6 is 0 Å². The molecule has 0 saturated carbocycles. The van der Waals surface area contributed by atoms with Crippen LogP contribution in [0.2, 0.25) is 0 Å². The smallest absolute Gasteiger partial charge is 0.207 e. The number of nitrogens with zero attached hydrogens (tertiary/aromatic N) is 4. The molecule has 0 aliphatic carbocycles. The van der Waals surface area contributed by atoms with E-state index >= 15 is 35.1 Å². The molecule has 4 aromatic carbocycles. The molecule has 0 heterocycles. The van der Waals surface area contributed by atoms with Crippen molar-refractivity contribution in [2.24, 2.45) is 0 Å². The normalized spacial score (nSPS) is 9.86. The van der Waals surface area contributed by atoms with Gasteiger partial charge in [0.1, 0.15) is 52.7 Å². The second kappa shape index (κ2) is 22.3. The summed E-state index contributed by atoms with van der Waals surface area (Å²) in [6, 6.07) is 7.00. The molecule has 0 saturated heterocycles. The Labute approximate surface area is 327 Å². The van der Waals surface area contributed by atoms with Gasteiger partial charge in [-0.2, -0.15) is 21.0 Å². The van der Waals surface area contributed by atoms with Gasteiger partial charge in [0.25, 0.3) is 0 Å². The van der Waals surface area contributed by atoms with Crippen LogP contribution in [0.25, 0.3) is 0 Å². The Morgan fingerprint density at radius 2 is 0.310 bits per heavy atom. The van der Waals surface area contributed by atoms with Crippen molar-refractivity contribution >= 4 is 28.0 Å². The van der Waals surface area contributed by atoms with Gasteiger partial charge in [-0.1, -0.05) is 0 Å². The number of halogens is 20. The average molecular weight is 951 g/mol.